The topological polar surface area (TPSA) is 89.9 Å². The second kappa shape index (κ2) is 12.3. The van der Waals surface area contributed by atoms with Gasteiger partial charge in [-0.3, -0.25) is 4.98 Å². The zero-order valence-corrected chi connectivity index (χ0v) is 21.0. The molecule has 1 heterocycles. The summed E-state index contributed by atoms with van der Waals surface area (Å²) >= 11 is 0. The lowest BCUT2D eigenvalue weighted by Crippen LogP contribution is -2.35. The van der Waals surface area contributed by atoms with E-state index in [9.17, 15) is 9.90 Å². The van der Waals surface area contributed by atoms with Crippen LogP contribution in [0.4, 0.5) is 0 Å². The van der Waals surface area contributed by atoms with E-state index in [1.807, 2.05) is 76.2 Å². The van der Waals surface area contributed by atoms with Gasteiger partial charge in [-0.1, -0.05) is 56.3 Å². The lowest BCUT2D eigenvalue weighted by Gasteiger charge is -2.18. The fourth-order valence-corrected chi connectivity index (χ4v) is 3.64. The Labute approximate surface area is 207 Å². The van der Waals surface area contributed by atoms with E-state index in [0.717, 1.165) is 22.4 Å². The summed E-state index contributed by atoms with van der Waals surface area (Å²) in [5, 5.41) is 13.4. The van der Waals surface area contributed by atoms with Crippen LogP contribution in [0.5, 0.6) is 11.5 Å². The van der Waals surface area contributed by atoms with E-state index in [1.54, 1.807) is 6.07 Å². The van der Waals surface area contributed by atoms with Crippen LogP contribution in [0.3, 0.4) is 0 Å². The number of nitrogens with zero attached hydrogens (tertiary/aromatic N) is 1. The standard InChI is InChI=1S/C28H34N2O5/c1-18(2)29-15-23(31)17-35-27-20(4)30-19(3)14-26(27)34-16-21-10-12-22(13-11-21)24-8-6-7-9-25(24)28(32)33-5/h6-14,18,23,29,31H,15-17H2,1-5H3. The first-order valence-corrected chi connectivity index (χ1v) is 11.7. The number of carbonyl (C=O) groups is 1. The number of aliphatic hydroxyl groups is 1. The number of aryl methyl sites for hydroxylation is 2. The van der Waals surface area contributed by atoms with E-state index >= 15 is 0 Å². The molecule has 3 aromatic rings. The smallest absolute Gasteiger partial charge is 0.338 e. The lowest BCUT2D eigenvalue weighted by molar-refractivity contribution is 0.0601. The molecule has 0 aliphatic carbocycles. The van der Waals surface area contributed by atoms with Crippen LogP contribution in [0.15, 0.2) is 54.6 Å². The van der Waals surface area contributed by atoms with E-state index in [4.69, 9.17) is 14.2 Å². The van der Waals surface area contributed by atoms with Crippen molar-refractivity contribution in [1.29, 1.82) is 0 Å². The molecule has 0 amide bonds. The van der Waals surface area contributed by atoms with Crippen molar-refractivity contribution in [1.82, 2.24) is 10.3 Å². The normalized spacial score (nSPS) is 11.9. The van der Waals surface area contributed by atoms with Crippen molar-refractivity contribution in [3.63, 3.8) is 0 Å². The molecule has 2 aromatic carbocycles. The van der Waals surface area contributed by atoms with Gasteiger partial charge < -0.3 is 24.6 Å². The van der Waals surface area contributed by atoms with Crippen LogP contribution in [0.1, 0.15) is 41.2 Å². The zero-order chi connectivity index (χ0) is 25.4. The number of nitrogens with one attached hydrogen (secondary N) is 1. The monoisotopic (exact) mass is 478 g/mol. The number of benzene rings is 2. The van der Waals surface area contributed by atoms with Crippen LogP contribution in [0.2, 0.25) is 0 Å². The van der Waals surface area contributed by atoms with Crippen molar-refractivity contribution >= 4 is 5.97 Å². The maximum atomic E-state index is 12.1. The Hall–Kier alpha value is -3.42. The molecule has 1 aromatic heterocycles. The number of methoxy groups -OCH3 is 1. The van der Waals surface area contributed by atoms with Gasteiger partial charge >= 0.3 is 5.97 Å². The van der Waals surface area contributed by atoms with Gasteiger partial charge in [0.05, 0.1) is 18.4 Å². The molecule has 0 aliphatic heterocycles. The number of hydrogen-bond acceptors (Lipinski definition) is 7. The number of esters is 1. The Bertz CT molecular complexity index is 1130. The predicted molar refractivity (Wildman–Crippen MR) is 136 cm³/mol. The highest BCUT2D eigenvalue weighted by molar-refractivity contribution is 5.97. The molecular formula is C28H34N2O5. The molecule has 0 spiro atoms. The van der Waals surface area contributed by atoms with Crippen LogP contribution < -0.4 is 14.8 Å². The van der Waals surface area contributed by atoms with Crippen LogP contribution in [0, 0.1) is 13.8 Å². The van der Waals surface area contributed by atoms with Gasteiger partial charge in [0, 0.05) is 24.3 Å². The molecule has 7 nitrogen and oxygen atoms in total. The van der Waals surface area contributed by atoms with Crippen LogP contribution >= 0.6 is 0 Å². The number of rotatable bonds is 11. The molecule has 0 saturated heterocycles. The highest BCUT2D eigenvalue weighted by Gasteiger charge is 2.15. The second-order valence-electron chi connectivity index (χ2n) is 8.73. The second-order valence-corrected chi connectivity index (χ2v) is 8.73. The van der Waals surface area contributed by atoms with E-state index < -0.39 is 6.10 Å². The summed E-state index contributed by atoms with van der Waals surface area (Å²) in [6.07, 6.45) is -0.647. The molecule has 0 saturated carbocycles. The summed E-state index contributed by atoms with van der Waals surface area (Å²) < 4.78 is 16.9. The van der Waals surface area contributed by atoms with Gasteiger partial charge in [0.25, 0.3) is 0 Å². The Morgan fingerprint density at radius 1 is 1.06 bits per heavy atom. The molecule has 1 atom stereocenters. The number of carbonyl (C=O) groups excluding carboxylic acids is 1. The van der Waals surface area contributed by atoms with Crippen molar-refractivity contribution in [2.24, 2.45) is 0 Å². The molecule has 2 N–H and O–H groups in total. The highest BCUT2D eigenvalue weighted by atomic mass is 16.5. The van der Waals surface area contributed by atoms with Gasteiger partial charge in [0.1, 0.15) is 19.3 Å². The van der Waals surface area contributed by atoms with Crippen molar-refractivity contribution in [3.8, 4) is 22.6 Å². The molecule has 0 fully saturated rings. The molecular weight excluding hydrogens is 444 g/mol. The third-order valence-corrected chi connectivity index (χ3v) is 5.41. The van der Waals surface area contributed by atoms with Gasteiger partial charge in [-0.15, -0.1) is 0 Å². The quantitative estimate of drug-likeness (QED) is 0.393. The number of ether oxygens (including phenoxy) is 3. The molecule has 1 unspecified atom stereocenters. The van der Waals surface area contributed by atoms with E-state index in [0.29, 0.717) is 35.9 Å². The molecule has 35 heavy (non-hydrogen) atoms. The Balaban J connectivity index is 1.70. The fraction of sp³-hybridized carbons (Fsp3) is 0.357. The SMILES string of the molecule is COC(=O)c1ccccc1-c1ccc(COc2cc(C)nc(C)c2OCC(O)CNC(C)C)cc1. The fourth-order valence-electron chi connectivity index (χ4n) is 3.64. The van der Waals surface area contributed by atoms with Crippen molar-refractivity contribution in [3.05, 3.63) is 77.1 Å². The van der Waals surface area contributed by atoms with Gasteiger partial charge in [-0.05, 0) is 36.6 Å². The maximum absolute atomic E-state index is 12.1. The minimum Gasteiger partial charge on any atom is -0.485 e. The first-order chi connectivity index (χ1) is 16.8. The Morgan fingerprint density at radius 3 is 2.46 bits per heavy atom. The molecule has 186 valence electrons. The first kappa shape index (κ1) is 26.2. The van der Waals surface area contributed by atoms with Gasteiger partial charge in [-0.25, -0.2) is 4.79 Å². The first-order valence-electron chi connectivity index (χ1n) is 11.7. The van der Waals surface area contributed by atoms with Crippen LogP contribution in [-0.2, 0) is 11.3 Å². The molecule has 0 aliphatic rings. The summed E-state index contributed by atoms with van der Waals surface area (Å²) in [6, 6.07) is 17.3. The Morgan fingerprint density at radius 2 is 1.77 bits per heavy atom. The molecule has 3 rings (SSSR count). The summed E-state index contributed by atoms with van der Waals surface area (Å²) in [4.78, 5) is 16.6. The zero-order valence-electron chi connectivity index (χ0n) is 21.0. The minimum atomic E-state index is -0.647. The van der Waals surface area contributed by atoms with E-state index in [2.05, 4.69) is 10.3 Å². The van der Waals surface area contributed by atoms with Crippen LogP contribution in [0.25, 0.3) is 11.1 Å². The number of hydrogen-bond donors (Lipinski definition) is 2. The number of aliphatic hydroxyl groups excluding tert-OH is 1. The lowest BCUT2D eigenvalue weighted by atomic mass is 9.99. The van der Waals surface area contributed by atoms with Crippen LogP contribution in [-0.4, -0.2) is 48.5 Å². The summed E-state index contributed by atoms with van der Waals surface area (Å²) in [5.74, 6) is 0.746. The molecule has 0 bridgehead atoms. The average molecular weight is 479 g/mol. The number of pyridine rings is 1. The molecule has 7 heteroatoms. The van der Waals surface area contributed by atoms with Gasteiger partial charge in [-0.2, -0.15) is 0 Å². The third kappa shape index (κ3) is 7.28. The highest BCUT2D eigenvalue weighted by Crippen LogP contribution is 2.32. The van der Waals surface area contributed by atoms with E-state index in [1.165, 1.54) is 7.11 Å². The molecule has 0 radical (unpaired) electrons. The Kier molecular flexibility index (Phi) is 9.23. The van der Waals surface area contributed by atoms with Gasteiger partial charge in [0.2, 0.25) is 0 Å². The van der Waals surface area contributed by atoms with Crippen molar-refractivity contribution < 1.29 is 24.1 Å². The predicted octanol–water partition coefficient (Wildman–Crippen LogP) is 4.47. The summed E-state index contributed by atoms with van der Waals surface area (Å²) in [7, 11) is 1.38. The number of aromatic nitrogens is 1. The third-order valence-electron chi connectivity index (χ3n) is 5.41. The summed E-state index contributed by atoms with van der Waals surface area (Å²) in [6.45, 7) is 8.72. The maximum Gasteiger partial charge on any atom is 0.338 e. The minimum absolute atomic E-state index is 0.135. The van der Waals surface area contributed by atoms with E-state index in [-0.39, 0.29) is 18.6 Å². The van der Waals surface area contributed by atoms with Crippen molar-refractivity contribution in [2.45, 2.75) is 46.4 Å². The summed E-state index contributed by atoms with van der Waals surface area (Å²) in [5.41, 5.74) is 4.74. The van der Waals surface area contributed by atoms with Gasteiger partial charge in [0.15, 0.2) is 11.5 Å². The largest absolute Gasteiger partial charge is 0.485 e. The van der Waals surface area contributed by atoms with Crippen molar-refractivity contribution in [2.75, 3.05) is 20.3 Å². The average Bonchev–Trinajstić information content (AvgIpc) is 2.85.